The van der Waals surface area contributed by atoms with Crippen molar-refractivity contribution in [3.8, 4) is 11.6 Å². The fourth-order valence-electron chi connectivity index (χ4n) is 2.40. The molecule has 0 saturated heterocycles. The third kappa shape index (κ3) is 2.62. The molecule has 0 fully saturated rings. The van der Waals surface area contributed by atoms with Gasteiger partial charge < -0.3 is 10.5 Å². The molecule has 2 aromatic rings. The Hall–Kier alpha value is -1.29. The summed E-state index contributed by atoms with van der Waals surface area (Å²) >= 11 is 12.0. The minimum Gasteiger partial charge on any atom is -0.437 e. The highest BCUT2D eigenvalue weighted by Crippen LogP contribution is 2.34. The lowest BCUT2D eigenvalue weighted by Crippen LogP contribution is -2.04. The topological polar surface area (TPSA) is 48.1 Å². The van der Waals surface area contributed by atoms with Crippen LogP contribution in [0.15, 0.2) is 24.3 Å². The smallest absolute Gasteiger partial charge is 0.224 e. The van der Waals surface area contributed by atoms with Gasteiger partial charge in [-0.25, -0.2) is 4.98 Å². The molecule has 3 nitrogen and oxygen atoms in total. The van der Waals surface area contributed by atoms with E-state index in [1.807, 2.05) is 0 Å². The minimum absolute atomic E-state index is 0.390. The number of aromatic nitrogens is 1. The quantitative estimate of drug-likeness (QED) is 0.927. The summed E-state index contributed by atoms with van der Waals surface area (Å²) in [5.41, 5.74) is 9.06. The Labute approximate surface area is 127 Å². The average Bonchev–Trinajstić information content (AvgIpc) is 2.88. The molecule has 1 aliphatic carbocycles. The van der Waals surface area contributed by atoms with Crippen LogP contribution in [0.25, 0.3) is 0 Å². The summed E-state index contributed by atoms with van der Waals surface area (Å²) in [5.74, 6) is 1.08. The minimum atomic E-state index is 0.390. The second-order valence-electron chi connectivity index (χ2n) is 4.79. The van der Waals surface area contributed by atoms with E-state index < -0.39 is 0 Å². The van der Waals surface area contributed by atoms with E-state index in [4.69, 9.17) is 33.7 Å². The number of nitrogens with two attached hydrogens (primary N) is 1. The average molecular weight is 309 g/mol. The highest BCUT2D eigenvalue weighted by molar-refractivity contribution is 6.35. The van der Waals surface area contributed by atoms with Crippen molar-refractivity contribution in [2.45, 2.75) is 25.8 Å². The van der Waals surface area contributed by atoms with Crippen LogP contribution in [0.2, 0.25) is 10.0 Å². The molecule has 5 heteroatoms. The molecular formula is C15H14Cl2N2O. The molecule has 20 heavy (non-hydrogen) atoms. The number of ether oxygens (including phenoxy) is 1. The van der Waals surface area contributed by atoms with Gasteiger partial charge in [-0.3, -0.25) is 0 Å². The van der Waals surface area contributed by atoms with Crippen LogP contribution < -0.4 is 10.5 Å². The lowest BCUT2D eigenvalue weighted by atomic mass is 10.1. The number of aryl methyl sites for hydroxylation is 2. The molecule has 3 rings (SSSR count). The lowest BCUT2D eigenvalue weighted by molar-refractivity contribution is 0.454. The zero-order valence-corrected chi connectivity index (χ0v) is 12.3. The van der Waals surface area contributed by atoms with E-state index in [2.05, 4.69) is 11.1 Å². The molecule has 1 heterocycles. The molecule has 104 valence electrons. The zero-order chi connectivity index (χ0) is 14.1. The number of hydrogen-bond donors (Lipinski definition) is 1. The standard InChI is InChI=1S/C15H14Cl2N2O/c16-11-4-5-14(12(17)7-11)20-15-10(8-18)6-9-2-1-3-13(9)19-15/h4-7H,1-3,8,18H2. The predicted octanol–water partition coefficient (Wildman–Crippen LogP) is 4.13. The van der Waals surface area contributed by atoms with Gasteiger partial charge in [0, 0.05) is 22.8 Å². The maximum absolute atomic E-state index is 6.12. The van der Waals surface area contributed by atoms with Gasteiger partial charge in [-0.05, 0) is 49.1 Å². The lowest BCUT2D eigenvalue weighted by Gasteiger charge is -2.12. The van der Waals surface area contributed by atoms with Crippen LogP contribution in [0.4, 0.5) is 0 Å². The molecule has 2 N–H and O–H groups in total. The van der Waals surface area contributed by atoms with E-state index in [0.717, 1.165) is 30.5 Å². The summed E-state index contributed by atoms with van der Waals surface area (Å²) in [7, 11) is 0. The van der Waals surface area contributed by atoms with Gasteiger partial charge in [-0.15, -0.1) is 0 Å². The number of hydrogen-bond acceptors (Lipinski definition) is 3. The molecule has 0 bridgehead atoms. The van der Waals surface area contributed by atoms with E-state index >= 15 is 0 Å². The van der Waals surface area contributed by atoms with Crippen LogP contribution >= 0.6 is 23.2 Å². The summed E-state index contributed by atoms with van der Waals surface area (Å²) in [6.07, 6.45) is 3.19. The van der Waals surface area contributed by atoms with Gasteiger partial charge in [-0.2, -0.15) is 0 Å². The van der Waals surface area contributed by atoms with Crippen molar-refractivity contribution in [3.05, 3.63) is 51.1 Å². The molecular weight excluding hydrogens is 295 g/mol. The summed E-state index contributed by atoms with van der Waals surface area (Å²) < 4.78 is 5.83. The van der Waals surface area contributed by atoms with Crippen LogP contribution in [-0.2, 0) is 19.4 Å². The van der Waals surface area contributed by atoms with Crippen LogP contribution in [-0.4, -0.2) is 4.98 Å². The van der Waals surface area contributed by atoms with E-state index in [-0.39, 0.29) is 0 Å². The van der Waals surface area contributed by atoms with Crippen molar-refractivity contribution in [1.82, 2.24) is 4.98 Å². The highest BCUT2D eigenvalue weighted by Gasteiger charge is 2.17. The largest absolute Gasteiger partial charge is 0.437 e. The molecule has 1 aromatic carbocycles. The van der Waals surface area contributed by atoms with Gasteiger partial charge in [-0.1, -0.05) is 23.2 Å². The number of pyridine rings is 1. The first-order chi connectivity index (χ1) is 9.67. The first-order valence-electron chi connectivity index (χ1n) is 6.52. The van der Waals surface area contributed by atoms with Crippen LogP contribution in [0, 0.1) is 0 Å². The second-order valence-corrected chi connectivity index (χ2v) is 5.64. The summed E-state index contributed by atoms with van der Waals surface area (Å²) in [4.78, 5) is 4.59. The van der Waals surface area contributed by atoms with Gasteiger partial charge in [0.1, 0.15) is 5.75 Å². The van der Waals surface area contributed by atoms with Crippen LogP contribution in [0.3, 0.4) is 0 Å². The van der Waals surface area contributed by atoms with Gasteiger partial charge in [0.2, 0.25) is 5.88 Å². The van der Waals surface area contributed by atoms with Crippen molar-refractivity contribution >= 4 is 23.2 Å². The van der Waals surface area contributed by atoms with Crippen molar-refractivity contribution < 1.29 is 4.74 Å². The number of halogens is 2. The van der Waals surface area contributed by atoms with Crippen LogP contribution in [0.5, 0.6) is 11.6 Å². The molecule has 0 atom stereocenters. The zero-order valence-electron chi connectivity index (χ0n) is 10.8. The Morgan fingerprint density at radius 3 is 2.80 bits per heavy atom. The molecule has 0 amide bonds. The summed E-state index contributed by atoms with van der Waals surface area (Å²) in [5, 5.41) is 1.03. The highest BCUT2D eigenvalue weighted by atomic mass is 35.5. The second kappa shape index (κ2) is 5.60. The monoisotopic (exact) mass is 308 g/mol. The molecule has 0 spiro atoms. The first-order valence-corrected chi connectivity index (χ1v) is 7.27. The van der Waals surface area contributed by atoms with E-state index in [0.29, 0.717) is 28.2 Å². The third-order valence-electron chi connectivity index (χ3n) is 3.41. The van der Waals surface area contributed by atoms with Gasteiger partial charge in [0.25, 0.3) is 0 Å². The van der Waals surface area contributed by atoms with E-state index in [9.17, 15) is 0 Å². The maximum Gasteiger partial charge on any atom is 0.224 e. The van der Waals surface area contributed by atoms with Crippen molar-refractivity contribution in [2.75, 3.05) is 0 Å². The Morgan fingerprint density at radius 2 is 2.05 bits per heavy atom. The number of benzene rings is 1. The molecule has 0 aliphatic heterocycles. The fourth-order valence-corrected chi connectivity index (χ4v) is 2.84. The molecule has 0 radical (unpaired) electrons. The van der Waals surface area contributed by atoms with E-state index in [1.165, 1.54) is 5.56 Å². The maximum atomic E-state index is 6.12. The Kier molecular flexibility index (Phi) is 3.83. The van der Waals surface area contributed by atoms with Crippen molar-refractivity contribution in [3.63, 3.8) is 0 Å². The van der Waals surface area contributed by atoms with E-state index in [1.54, 1.807) is 18.2 Å². The Balaban J connectivity index is 1.97. The molecule has 1 aliphatic rings. The fraction of sp³-hybridized carbons (Fsp3) is 0.267. The Morgan fingerprint density at radius 1 is 1.20 bits per heavy atom. The summed E-state index contributed by atoms with van der Waals surface area (Å²) in [6, 6.07) is 7.21. The molecule has 1 aromatic heterocycles. The Bertz CT molecular complexity index is 659. The SMILES string of the molecule is NCc1cc2c(nc1Oc1ccc(Cl)cc1Cl)CCC2. The summed E-state index contributed by atoms with van der Waals surface area (Å²) in [6.45, 7) is 0.390. The van der Waals surface area contributed by atoms with Crippen molar-refractivity contribution in [1.29, 1.82) is 0 Å². The molecule has 0 unspecified atom stereocenters. The number of rotatable bonds is 3. The van der Waals surface area contributed by atoms with Gasteiger partial charge >= 0.3 is 0 Å². The predicted molar refractivity (Wildman–Crippen MR) is 80.7 cm³/mol. The van der Waals surface area contributed by atoms with Gasteiger partial charge in [0.15, 0.2) is 0 Å². The van der Waals surface area contributed by atoms with Crippen LogP contribution in [0.1, 0.15) is 23.2 Å². The van der Waals surface area contributed by atoms with Crippen molar-refractivity contribution in [2.24, 2.45) is 5.73 Å². The third-order valence-corrected chi connectivity index (χ3v) is 3.94. The molecule has 0 saturated carbocycles. The number of nitrogens with zero attached hydrogens (tertiary/aromatic N) is 1. The normalized spacial score (nSPS) is 13.3. The first kappa shape index (κ1) is 13.7. The number of fused-ring (bicyclic) bond motifs is 1. The van der Waals surface area contributed by atoms with Gasteiger partial charge in [0.05, 0.1) is 5.02 Å².